The Morgan fingerprint density at radius 3 is 2.38 bits per heavy atom. The quantitative estimate of drug-likeness (QED) is 0.882. The van der Waals surface area contributed by atoms with Crippen LogP contribution in [-0.2, 0) is 6.42 Å². The normalized spacial score (nSPS) is 17.0. The summed E-state index contributed by atoms with van der Waals surface area (Å²) in [6, 6.07) is 4.10. The Balaban J connectivity index is 0.00000200. The summed E-state index contributed by atoms with van der Waals surface area (Å²) >= 11 is 0. The zero-order chi connectivity index (χ0) is 13.8. The van der Waals surface area contributed by atoms with Crippen LogP contribution in [0.4, 0.5) is 8.78 Å². The second-order valence-corrected chi connectivity index (χ2v) is 4.77. The molecule has 122 valence electrons. The molecule has 2 rings (SSSR count). The van der Waals surface area contributed by atoms with Crippen LogP contribution in [0.2, 0.25) is 0 Å². The number of phenols is 1. The molecule has 0 saturated carbocycles. The Hall–Kier alpha value is -0.620. The zero-order valence-electron chi connectivity index (χ0n) is 11.9. The topological polar surface area (TPSA) is 35.5 Å². The first kappa shape index (κ1) is 20.4. The largest absolute Gasteiger partial charge is 0.507 e. The van der Waals surface area contributed by atoms with Gasteiger partial charge in [0.25, 0.3) is 6.43 Å². The van der Waals surface area contributed by atoms with Crippen molar-refractivity contribution in [3.8, 4) is 5.75 Å². The number of para-hydroxylation sites is 1. The Morgan fingerprint density at radius 1 is 1.24 bits per heavy atom. The highest BCUT2D eigenvalue weighted by atomic mass is 35.5. The molecule has 1 heterocycles. The van der Waals surface area contributed by atoms with Crippen molar-refractivity contribution in [1.29, 1.82) is 0 Å². The van der Waals surface area contributed by atoms with Crippen molar-refractivity contribution in [2.24, 2.45) is 0 Å². The van der Waals surface area contributed by atoms with Gasteiger partial charge < -0.3 is 10.4 Å². The molecule has 0 amide bonds. The summed E-state index contributed by atoms with van der Waals surface area (Å²) in [7, 11) is 0. The van der Waals surface area contributed by atoms with E-state index in [1.165, 1.54) is 0 Å². The Morgan fingerprint density at radius 2 is 1.86 bits per heavy atom. The zero-order valence-corrected chi connectivity index (χ0v) is 13.5. The van der Waals surface area contributed by atoms with Gasteiger partial charge in [0.1, 0.15) is 5.75 Å². The highest BCUT2D eigenvalue weighted by molar-refractivity contribution is 5.85. The first-order chi connectivity index (χ1) is 9.15. The molecule has 0 aromatic heterocycles. The van der Waals surface area contributed by atoms with E-state index in [0.29, 0.717) is 38.2 Å². The lowest BCUT2D eigenvalue weighted by Crippen LogP contribution is -2.46. The number of rotatable bonds is 4. The van der Waals surface area contributed by atoms with Gasteiger partial charge in [-0.25, -0.2) is 8.78 Å². The monoisotopic (exact) mass is 342 g/mol. The van der Waals surface area contributed by atoms with E-state index in [1.807, 2.05) is 6.92 Å². The number of aromatic hydroxyl groups is 1. The minimum atomic E-state index is -2.50. The summed E-state index contributed by atoms with van der Waals surface area (Å²) < 4.78 is 26.8. The van der Waals surface area contributed by atoms with Gasteiger partial charge in [-0.2, -0.15) is 0 Å². The molecular weight excluding hydrogens is 321 g/mol. The van der Waals surface area contributed by atoms with E-state index in [0.717, 1.165) is 5.56 Å². The molecule has 0 spiro atoms. The average molecular weight is 343 g/mol. The molecule has 7 heteroatoms. The molecule has 1 atom stereocenters. The van der Waals surface area contributed by atoms with Crippen molar-refractivity contribution in [3.63, 3.8) is 0 Å². The molecule has 1 fully saturated rings. The van der Waals surface area contributed by atoms with Crippen LogP contribution in [-0.4, -0.2) is 42.6 Å². The van der Waals surface area contributed by atoms with E-state index in [2.05, 4.69) is 5.32 Å². The summed E-state index contributed by atoms with van der Waals surface area (Å²) in [4.78, 5) is 1.75. The number of hydrogen-bond donors (Lipinski definition) is 2. The molecular formula is C14H22Cl2F2N2O. The van der Waals surface area contributed by atoms with Gasteiger partial charge in [-0.3, -0.25) is 4.90 Å². The third-order valence-electron chi connectivity index (χ3n) is 3.63. The number of piperazine rings is 1. The molecule has 2 N–H and O–H groups in total. The number of benzene rings is 1. The van der Waals surface area contributed by atoms with Crippen LogP contribution in [0.25, 0.3) is 0 Å². The number of phenolic OH excluding ortho intramolecular Hbond substituents is 1. The van der Waals surface area contributed by atoms with E-state index in [4.69, 9.17) is 0 Å². The van der Waals surface area contributed by atoms with Crippen molar-refractivity contribution < 1.29 is 13.9 Å². The van der Waals surface area contributed by atoms with Gasteiger partial charge in [0.15, 0.2) is 0 Å². The van der Waals surface area contributed by atoms with E-state index in [-0.39, 0.29) is 30.6 Å². The SMILES string of the molecule is CCc1cccc([C@@H](C(F)F)N2CCNCC2)c1O.Cl.Cl. The minimum Gasteiger partial charge on any atom is -0.507 e. The highest BCUT2D eigenvalue weighted by Gasteiger charge is 2.32. The van der Waals surface area contributed by atoms with Crippen molar-refractivity contribution in [1.82, 2.24) is 10.2 Å². The summed E-state index contributed by atoms with van der Waals surface area (Å²) in [5.41, 5.74) is 1.06. The average Bonchev–Trinajstić information content (AvgIpc) is 2.42. The van der Waals surface area contributed by atoms with Gasteiger partial charge in [-0.1, -0.05) is 25.1 Å². The van der Waals surface area contributed by atoms with Gasteiger partial charge >= 0.3 is 0 Å². The van der Waals surface area contributed by atoms with E-state index in [9.17, 15) is 13.9 Å². The van der Waals surface area contributed by atoms with Crippen LogP contribution >= 0.6 is 24.8 Å². The van der Waals surface area contributed by atoms with Crippen molar-refractivity contribution in [3.05, 3.63) is 29.3 Å². The van der Waals surface area contributed by atoms with Crippen molar-refractivity contribution in [2.75, 3.05) is 26.2 Å². The third kappa shape index (κ3) is 4.68. The number of nitrogens with zero attached hydrogens (tertiary/aromatic N) is 1. The number of aryl methyl sites for hydroxylation is 1. The molecule has 0 aliphatic carbocycles. The molecule has 21 heavy (non-hydrogen) atoms. The maximum Gasteiger partial charge on any atom is 0.258 e. The van der Waals surface area contributed by atoms with Gasteiger partial charge in [0.05, 0.1) is 6.04 Å². The molecule has 0 radical (unpaired) electrons. The second kappa shape index (κ2) is 9.41. The van der Waals surface area contributed by atoms with Crippen molar-refractivity contribution in [2.45, 2.75) is 25.8 Å². The molecule has 1 saturated heterocycles. The molecule has 1 aliphatic heterocycles. The standard InChI is InChI=1S/C14H20F2N2O.2ClH/c1-2-10-4-3-5-11(13(10)19)12(14(15)16)18-8-6-17-7-9-18;;/h3-5,12,14,17,19H,2,6-9H2,1H3;2*1H/t12-;;/m0../s1. The van der Waals surface area contributed by atoms with Gasteiger partial charge in [-0.05, 0) is 12.0 Å². The smallest absolute Gasteiger partial charge is 0.258 e. The number of nitrogens with one attached hydrogen (secondary N) is 1. The van der Waals surface area contributed by atoms with Crippen LogP contribution in [0.3, 0.4) is 0 Å². The van der Waals surface area contributed by atoms with Crippen LogP contribution in [0.5, 0.6) is 5.75 Å². The van der Waals surface area contributed by atoms with Gasteiger partial charge in [0, 0.05) is 31.7 Å². The maximum absolute atomic E-state index is 13.4. The molecule has 0 unspecified atom stereocenters. The minimum absolute atomic E-state index is 0. The highest BCUT2D eigenvalue weighted by Crippen LogP contribution is 2.35. The van der Waals surface area contributed by atoms with Crippen LogP contribution in [0.1, 0.15) is 24.1 Å². The molecule has 1 aliphatic rings. The second-order valence-electron chi connectivity index (χ2n) is 4.77. The van der Waals surface area contributed by atoms with E-state index in [1.54, 1.807) is 23.1 Å². The summed E-state index contributed by atoms with van der Waals surface area (Å²) in [6.45, 7) is 4.46. The lowest BCUT2D eigenvalue weighted by Gasteiger charge is -2.35. The molecule has 1 aromatic rings. The fourth-order valence-electron chi connectivity index (χ4n) is 2.59. The predicted molar refractivity (Wildman–Crippen MR) is 85.2 cm³/mol. The number of hydrogen-bond acceptors (Lipinski definition) is 3. The fourth-order valence-corrected chi connectivity index (χ4v) is 2.59. The summed E-state index contributed by atoms with van der Waals surface area (Å²) in [6.07, 6.45) is -1.87. The molecule has 3 nitrogen and oxygen atoms in total. The van der Waals surface area contributed by atoms with Gasteiger partial charge in [-0.15, -0.1) is 24.8 Å². The lowest BCUT2D eigenvalue weighted by atomic mass is 9.99. The maximum atomic E-state index is 13.4. The predicted octanol–water partition coefficient (Wildman–Crippen LogP) is 3.01. The van der Waals surface area contributed by atoms with E-state index >= 15 is 0 Å². The summed E-state index contributed by atoms with van der Waals surface area (Å²) in [5.74, 6) is 0.0221. The summed E-state index contributed by atoms with van der Waals surface area (Å²) in [5, 5.41) is 13.3. The van der Waals surface area contributed by atoms with Crippen LogP contribution in [0, 0.1) is 0 Å². The first-order valence-electron chi connectivity index (χ1n) is 6.68. The first-order valence-corrected chi connectivity index (χ1v) is 6.68. The Bertz CT molecular complexity index is 429. The van der Waals surface area contributed by atoms with Crippen molar-refractivity contribution >= 4 is 24.8 Å². The van der Waals surface area contributed by atoms with E-state index < -0.39 is 12.5 Å². The fraction of sp³-hybridized carbons (Fsp3) is 0.571. The number of alkyl halides is 2. The molecule has 0 bridgehead atoms. The lowest BCUT2D eigenvalue weighted by molar-refractivity contribution is 0.0170. The number of halogens is 4. The Kier molecular flexibility index (Phi) is 9.13. The van der Waals surface area contributed by atoms with Crippen LogP contribution in [0.15, 0.2) is 18.2 Å². The van der Waals surface area contributed by atoms with Crippen LogP contribution < -0.4 is 5.32 Å². The third-order valence-corrected chi connectivity index (χ3v) is 3.63. The Labute approximate surface area is 136 Å². The molecule has 1 aromatic carbocycles. The van der Waals surface area contributed by atoms with Gasteiger partial charge in [0.2, 0.25) is 0 Å².